The van der Waals surface area contributed by atoms with E-state index in [0.29, 0.717) is 11.3 Å². The number of nitrogens with zero attached hydrogens (tertiary/aromatic N) is 1. The third-order valence-electron chi connectivity index (χ3n) is 2.37. The number of aromatic carboxylic acids is 1. The highest BCUT2D eigenvalue weighted by atomic mass is 16.5. The number of carboxylic acids is 1. The number of benzene rings is 1. The Morgan fingerprint density at radius 1 is 1.47 bits per heavy atom. The Bertz CT molecular complexity index is 559. The molecule has 0 aliphatic carbocycles. The van der Waals surface area contributed by atoms with Gasteiger partial charge in [0.25, 0.3) is 0 Å². The number of aryl methyl sites for hydroxylation is 1. The fourth-order valence-electron chi connectivity index (χ4n) is 1.60. The Kier molecular flexibility index (Phi) is 2.82. The molecule has 0 atom stereocenters. The smallest absolute Gasteiger partial charge is 0.374 e. The van der Waals surface area contributed by atoms with E-state index in [1.54, 1.807) is 6.07 Å². The molecule has 1 N–H and O–H groups in total. The van der Waals surface area contributed by atoms with E-state index in [2.05, 4.69) is 4.98 Å². The van der Waals surface area contributed by atoms with Crippen LogP contribution in [0.25, 0.3) is 11.3 Å². The maximum Gasteiger partial charge on any atom is 0.374 e. The number of hydrogen-bond acceptors (Lipinski definition) is 4. The van der Waals surface area contributed by atoms with Gasteiger partial charge in [0.05, 0.1) is 7.11 Å². The predicted molar refractivity (Wildman–Crippen MR) is 60.2 cm³/mol. The lowest BCUT2D eigenvalue weighted by molar-refractivity contribution is 0.0663. The molecule has 0 bridgehead atoms. The molecule has 0 radical (unpaired) electrons. The van der Waals surface area contributed by atoms with Gasteiger partial charge in [0.15, 0.2) is 6.39 Å². The van der Waals surface area contributed by atoms with Gasteiger partial charge < -0.3 is 14.3 Å². The predicted octanol–water partition coefficient (Wildman–Crippen LogP) is 2.36. The second-order valence-electron chi connectivity index (χ2n) is 3.54. The van der Waals surface area contributed by atoms with Gasteiger partial charge in [0.2, 0.25) is 5.76 Å². The van der Waals surface area contributed by atoms with Gasteiger partial charge in [-0.1, -0.05) is 11.6 Å². The first kappa shape index (κ1) is 11.2. The van der Waals surface area contributed by atoms with Crippen molar-refractivity contribution in [2.75, 3.05) is 7.11 Å². The summed E-state index contributed by atoms with van der Waals surface area (Å²) in [6, 6.07) is 5.46. The fourth-order valence-corrected chi connectivity index (χ4v) is 1.60. The molecule has 1 aromatic carbocycles. The average Bonchev–Trinajstić information content (AvgIpc) is 2.77. The van der Waals surface area contributed by atoms with Crippen LogP contribution in [-0.2, 0) is 0 Å². The highest BCUT2D eigenvalue weighted by Gasteiger charge is 2.20. The number of hydrogen-bond donors (Lipinski definition) is 1. The number of rotatable bonds is 3. The Morgan fingerprint density at radius 3 is 2.88 bits per heavy atom. The van der Waals surface area contributed by atoms with E-state index in [4.69, 9.17) is 14.3 Å². The maximum atomic E-state index is 11.0. The van der Waals surface area contributed by atoms with Crippen LogP contribution in [0.15, 0.2) is 29.0 Å². The third kappa shape index (κ3) is 1.99. The molecule has 0 amide bonds. The Balaban J connectivity index is 2.63. The van der Waals surface area contributed by atoms with Crippen LogP contribution in [0.5, 0.6) is 5.75 Å². The van der Waals surface area contributed by atoms with Gasteiger partial charge in [-0.2, -0.15) is 0 Å². The number of carboxylic acid groups (broad SMARTS) is 1. The molecule has 17 heavy (non-hydrogen) atoms. The summed E-state index contributed by atoms with van der Waals surface area (Å²) in [5.41, 5.74) is 1.87. The third-order valence-corrected chi connectivity index (χ3v) is 2.37. The largest absolute Gasteiger partial charge is 0.496 e. The standard InChI is InChI=1S/C12H11NO4/c1-7-3-4-9(16-2)8(5-7)10-11(12(14)15)17-6-13-10/h3-6H,1-2H3,(H,14,15). The van der Waals surface area contributed by atoms with Crippen molar-refractivity contribution in [2.24, 2.45) is 0 Å². The quantitative estimate of drug-likeness (QED) is 0.880. The number of ether oxygens (including phenoxy) is 1. The van der Waals surface area contributed by atoms with Gasteiger partial charge in [0.1, 0.15) is 11.4 Å². The maximum absolute atomic E-state index is 11.0. The summed E-state index contributed by atoms with van der Waals surface area (Å²) in [6.45, 7) is 1.91. The molecular weight excluding hydrogens is 222 g/mol. The minimum atomic E-state index is -1.15. The Hall–Kier alpha value is -2.30. The van der Waals surface area contributed by atoms with Crippen LogP contribution in [0.4, 0.5) is 0 Å². The molecule has 88 valence electrons. The highest BCUT2D eigenvalue weighted by molar-refractivity contribution is 5.92. The van der Waals surface area contributed by atoms with E-state index in [-0.39, 0.29) is 11.5 Å². The van der Waals surface area contributed by atoms with Crippen LogP contribution < -0.4 is 4.74 Å². The van der Waals surface area contributed by atoms with E-state index < -0.39 is 5.97 Å². The van der Waals surface area contributed by atoms with Crippen molar-refractivity contribution in [1.29, 1.82) is 0 Å². The van der Waals surface area contributed by atoms with Crippen LogP contribution in [-0.4, -0.2) is 23.2 Å². The molecular formula is C12H11NO4. The Labute approximate surface area is 97.7 Å². The molecule has 5 nitrogen and oxygen atoms in total. The van der Waals surface area contributed by atoms with Crippen LogP contribution in [0.1, 0.15) is 16.1 Å². The van der Waals surface area contributed by atoms with E-state index in [9.17, 15) is 4.79 Å². The number of methoxy groups -OCH3 is 1. The van der Waals surface area contributed by atoms with Crippen molar-refractivity contribution >= 4 is 5.97 Å². The van der Waals surface area contributed by atoms with Gasteiger partial charge in [-0.25, -0.2) is 9.78 Å². The molecule has 0 fully saturated rings. The summed E-state index contributed by atoms with van der Waals surface area (Å²) in [5.74, 6) is -0.776. The summed E-state index contributed by atoms with van der Waals surface area (Å²) < 4.78 is 10.0. The minimum absolute atomic E-state index is 0.186. The summed E-state index contributed by atoms with van der Waals surface area (Å²) >= 11 is 0. The zero-order valence-electron chi connectivity index (χ0n) is 9.43. The first-order chi connectivity index (χ1) is 8.13. The molecule has 0 saturated carbocycles. The van der Waals surface area contributed by atoms with Gasteiger partial charge in [-0.15, -0.1) is 0 Å². The molecule has 5 heteroatoms. The van der Waals surface area contributed by atoms with Crippen molar-refractivity contribution in [2.45, 2.75) is 6.92 Å². The topological polar surface area (TPSA) is 72.6 Å². The van der Waals surface area contributed by atoms with Crippen LogP contribution >= 0.6 is 0 Å². The van der Waals surface area contributed by atoms with Crippen LogP contribution in [0.3, 0.4) is 0 Å². The molecule has 0 unspecified atom stereocenters. The highest BCUT2D eigenvalue weighted by Crippen LogP contribution is 2.32. The minimum Gasteiger partial charge on any atom is -0.496 e. The SMILES string of the molecule is COc1ccc(C)cc1-c1ncoc1C(=O)O. The fraction of sp³-hybridized carbons (Fsp3) is 0.167. The van der Waals surface area contributed by atoms with Crippen molar-refractivity contribution in [3.63, 3.8) is 0 Å². The van der Waals surface area contributed by atoms with Crippen molar-refractivity contribution in [3.8, 4) is 17.0 Å². The zero-order valence-corrected chi connectivity index (χ0v) is 9.43. The lowest BCUT2D eigenvalue weighted by Gasteiger charge is -2.07. The molecule has 2 aromatic rings. The first-order valence-electron chi connectivity index (χ1n) is 4.95. The van der Waals surface area contributed by atoms with E-state index in [1.165, 1.54) is 7.11 Å². The van der Waals surface area contributed by atoms with Crippen LogP contribution in [0, 0.1) is 6.92 Å². The molecule has 0 saturated heterocycles. The van der Waals surface area contributed by atoms with Gasteiger partial charge >= 0.3 is 5.97 Å². The lowest BCUT2D eigenvalue weighted by atomic mass is 10.1. The first-order valence-corrected chi connectivity index (χ1v) is 4.95. The molecule has 1 heterocycles. The van der Waals surface area contributed by atoms with Gasteiger partial charge in [-0.3, -0.25) is 0 Å². The average molecular weight is 233 g/mol. The molecule has 0 aliphatic rings. The number of aromatic nitrogens is 1. The molecule has 0 aliphatic heterocycles. The summed E-state index contributed by atoms with van der Waals surface area (Å²) in [4.78, 5) is 14.9. The zero-order chi connectivity index (χ0) is 12.4. The summed E-state index contributed by atoms with van der Waals surface area (Å²) in [7, 11) is 1.52. The van der Waals surface area contributed by atoms with Crippen LogP contribution in [0.2, 0.25) is 0 Å². The normalized spacial score (nSPS) is 10.2. The van der Waals surface area contributed by atoms with Crippen molar-refractivity contribution in [1.82, 2.24) is 4.98 Å². The van der Waals surface area contributed by atoms with E-state index >= 15 is 0 Å². The summed E-state index contributed by atoms with van der Waals surface area (Å²) in [6.07, 6.45) is 1.11. The van der Waals surface area contributed by atoms with Crippen molar-refractivity contribution in [3.05, 3.63) is 35.9 Å². The van der Waals surface area contributed by atoms with Crippen molar-refractivity contribution < 1.29 is 19.1 Å². The number of oxazole rings is 1. The van der Waals surface area contributed by atoms with E-state index in [1.807, 2.05) is 19.1 Å². The monoisotopic (exact) mass is 233 g/mol. The second-order valence-corrected chi connectivity index (χ2v) is 3.54. The molecule has 0 spiro atoms. The van der Waals surface area contributed by atoms with Gasteiger partial charge in [-0.05, 0) is 19.1 Å². The lowest BCUT2D eigenvalue weighted by Crippen LogP contribution is -1.98. The van der Waals surface area contributed by atoms with E-state index in [0.717, 1.165) is 12.0 Å². The Morgan fingerprint density at radius 2 is 2.24 bits per heavy atom. The summed E-state index contributed by atoms with van der Waals surface area (Å²) in [5, 5.41) is 8.97. The molecule has 1 aromatic heterocycles. The number of carbonyl (C=O) groups is 1. The molecule has 2 rings (SSSR count). The second kappa shape index (κ2) is 4.29. The van der Waals surface area contributed by atoms with Gasteiger partial charge in [0, 0.05) is 5.56 Å².